The van der Waals surface area contributed by atoms with Gasteiger partial charge in [-0.05, 0) is 42.7 Å². The molecule has 0 aliphatic heterocycles. The van der Waals surface area contributed by atoms with Gasteiger partial charge < -0.3 is 15.9 Å². The van der Waals surface area contributed by atoms with Gasteiger partial charge in [0.25, 0.3) is 0 Å². The number of rotatable bonds is 3. The maximum absolute atomic E-state index is 11.2. The molecular weight excluding hydrogens is 326 g/mol. The second kappa shape index (κ2) is 4.82. The summed E-state index contributed by atoms with van der Waals surface area (Å²) in [6.07, 6.45) is 0.613. The monoisotopic (exact) mass is 343 g/mol. The van der Waals surface area contributed by atoms with Crippen LogP contribution in [-0.2, 0) is 11.1 Å². The highest BCUT2D eigenvalue weighted by molar-refractivity contribution is 6.31. The molecule has 24 heavy (non-hydrogen) atoms. The van der Waals surface area contributed by atoms with Gasteiger partial charge >= 0.3 is 5.97 Å². The molecule has 124 valence electrons. The lowest BCUT2D eigenvalue weighted by atomic mass is 9.72. The molecule has 0 spiro atoms. The van der Waals surface area contributed by atoms with Crippen LogP contribution < -0.4 is 5.73 Å². The Balaban J connectivity index is 1.70. The average molecular weight is 344 g/mol. The van der Waals surface area contributed by atoms with Crippen molar-refractivity contribution >= 4 is 17.6 Å². The number of aryl methyl sites for hydroxylation is 1. The topological polar surface area (TPSA) is 83.5 Å². The van der Waals surface area contributed by atoms with Gasteiger partial charge in [0.15, 0.2) is 0 Å². The Morgan fingerprint density at radius 1 is 1.29 bits per heavy atom. The van der Waals surface area contributed by atoms with Crippen molar-refractivity contribution in [3.05, 3.63) is 69.7 Å². The highest BCUT2D eigenvalue weighted by Gasteiger charge is 2.80. The maximum atomic E-state index is 11.2. The van der Waals surface area contributed by atoms with E-state index in [9.17, 15) is 15.0 Å². The molecule has 0 aromatic heterocycles. The second-order valence-corrected chi connectivity index (χ2v) is 7.43. The molecule has 0 amide bonds. The molecule has 0 heterocycles. The Hall–Kier alpha value is -1.88. The lowest BCUT2D eigenvalue weighted by molar-refractivity contribution is 0.0696. The standard InChI is InChI=1S/C19H18ClNO3/c1-10-5-6-13(15(20)7-10)19(24)14-9-18(21,16(14)19)12-4-2-3-11(8-12)17(22)23/h2-8,14,16,24H,9,21H2,1H3,(H,22,23). The summed E-state index contributed by atoms with van der Waals surface area (Å²) >= 11 is 6.34. The van der Waals surface area contributed by atoms with Crippen molar-refractivity contribution in [3.63, 3.8) is 0 Å². The zero-order valence-electron chi connectivity index (χ0n) is 13.2. The van der Waals surface area contributed by atoms with Crippen LogP contribution in [0.4, 0.5) is 0 Å². The van der Waals surface area contributed by atoms with E-state index in [1.165, 1.54) is 0 Å². The van der Waals surface area contributed by atoms with Crippen molar-refractivity contribution in [2.24, 2.45) is 17.6 Å². The van der Waals surface area contributed by atoms with Crippen LogP contribution in [0.3, 0.4) is 0 Å². The summed E-state index contributed by atoms with van der Waals surface area (Å²) in [6, 6.07) is 12.3. The average Bonchev–Trinajstić information content (AvgIpc) is 3.04. The fraction of sp³-hybridized carbons (Fsp3) is 0.316. The van der Waals surface area contributed by atoms with Gasteiger partial charge in [-0.1, -0.05) is 35.9 Å². The van der Waals surface area contributed by atoms with E-state index in [-0.39, 0.29) is 17.4 Å². The fourth-order valence-electron chi connectivity index (χ4n) is 4.35. The summed E-state index contributed by atoms with van der Waals surface area (Å²) in [7, 11) is 0. The summed E-state index contributed by atoms with van der Waals surface area (Å²) in [5.74, 6) is -1.06. The molecular formula is C19H18ClNO3. The number of aliphatic hydroxyl groups is 1. The highest BCUT2D eigenvalue weighted by Crippen LogP contribution is 2.76. The van der Waals surface area contributed by atoms with Crippen LogP contribution in [0.1, 0.15) is 33.5 Å². The molecule has 5 heteroatoms. The molecule has 2 aliphatic carbocycles. The molecule has 4 nitrogen and oxygen atoms in total. The predicted molar refractivity (Wildman–Crippen MR) is 90.9 cm³/mol. The van der Waals surface area contributed by atoms with E-state index < -0.39 is 17.1 Å². The Kier molecular flexibility index (Phi) is 3.14. The van der Waals surface area contributed by atoms with Crippen molar-refractivity contribution in [1.82, 2.24) is 0 Å². The number of hydrogen-bond donors (Lipinski definition) is 3. The second-order valence-electron chi connectivity index (χ2n) is 7.02. The third-order valence-corrected chi connectivity index (χ3v) is 5.96. The lowest BCUT2D eigenvalue weighted by Gasteiger charge is -2.37. The minimum Gasteiger partial charge on any atom is -0.478 e. The fourth-order valence-corrected chi connectivity index (χ4v) is 4.74. The molecule has 4 atom stereocenters. The summed E-state index contributed by atoms with van der Waals surface area (Å²) in [5, 5.41) is 20.9. The number of halogens is 1. The van der Waals surface area contributed by atoms with Crippen molar-refractivity contribution in [2.75, 3.05) is 0 Å². The van der Waals surface area contributed by atoms with Crippen LogP contribution >= 0.6 is 11.6 Å². The first-order chi connectivity index (χ1) is 11.3. The zero-order chi connectivity index (χ0) is 17.3. The number of benzene rings is 2. The molecule has 0 saturated heterocycles. The number of carbonyl (C=O) groups is 1. The maximum Gasteiger partial charge on any atom is 0.335 e. The third kappa shape index (κ3) is 1.91. The predicted octanol–water partition coefficient (Wildman–Crippen LogP) is 3.04. The van der Waals surface area contributed by atoms with Crippen molar-refractivity contribution in [2.45, 2.75) is 24.5 Å². The minimum absolute atomic E-state index is 0.0659. The number of fused-ring (bicyclic) bond motifs is 1. The van der Waals surface area contributed by atoms with Crippen molar-refractivity contribution in [3.8, 4) is 0 Å². The third-order valence-electron chi connectivity index (χ3n) is 5.65. The largest absolute Gasteiger partial charge is 0.478 e. The van der Waals surface area contributed by atoms with Crippen LogP contribution in [0, 0.1) is 18.8 Å². The van der Waals surface area contributed by atoms with E-state index in [1.54, 1.807) is 18.2 Å². The smallest absolute Gasteiger partial charge is 0.335 e. The summed E-state index contributed by atoms with van der Waals surface area (Å²) < 4.78 is 0. The van der Waals surface area contributed by atoms with Crippen LogP contribution in [0.2, 0.25) is 5.02 Å². The molecule has 2 aliphatic rings. The number of carboxylic acid groups (broad SMARTS) is 1. The normalized spacial score (nSPS) is 33.5. The van der Waals surface area contributed by atoms with Gasteiger partial charge in [-0.25, -0.2) is 4.79 Å². The van der Waals surface area contributed by atoms with Gasteiger partial charge in [0, 0.05) is 28.0 Å². The molecule has 4 N–H and O–H groups in total. The Bertz CT molecular complexity index is 867. The number of aromatic carboxylic acids is 1. The summed E-state index contributed by atoms with van der Waals surface area (Å²) in [4.78, 5) is 11.2. The van der Waals surface area contributed by atoms with E-state index in [2.05, 4.69) is 0 Å². The molecule has 2 saturated carbocycles. The first-order valence-corrected chi connectivity index (χ1v) is 8.28. The van der Waals surface area contributed by atoms with Gasteiger partial charge in [-0.3, -0.25) is 0 Å². The Morgan fingerprint density at radius 2 is 2.04 bits per heavy atom. The Morgan fingerprint density at radius 3 is 2.71 bits per heavy atom. The van der Waals surface area contributed by atoms with Gasteiger partial charge in [0.2, 0.25) is 0 Å². The van der Waals surface area contributed by atoms with Crippen molar-refractivity contribution < 1.29 is 15.0 Å². The van der Waals surface area contributed by atoms with E-state index in [4.69, 9.17) is 17.3 Å². The quantitative estimate of drug-likeness (QED) is 0.799. The van der Waals surface area contributed by atoms with E-state index in [1.807, 2.05) is 31.2 Å². The van der Waals surface area contributed by atoms with Crippen LogP contribution in [0.25, 0.3) is 0 Å². The number of carboxylic acids is 1. The first kappa shape index (κ1) is 15.6. The molecule has 0 bridgehead atoms. The van der Waals surface area contributed by atoms with Gasteiger partial charge in [0.05, 0.1) is 11.2 Å². The summed E-state index contributed by atoms with van der Waals surface area (Å²) in [5.41, 5.74) is 7.53. The lowest BCUT2D eigenvalue weighted by Crippen LogP contribution is -2.46. The van der Waals surface area contributed by atoms with E-state index >= 15 is 0 Å². The summed E-state index contributed by atoms with van der Waals surface area (Å²) in [6.45, 7) is 1.95. The number of hydrogen-bond acceptors (Lipinski definition) is 3. The van der Waals surface area contributed by atoms with E-state index in [0.717, 1.165) is 11.1 Å². The number of nitrogens with two attached hydrogens (primary N) is 1. The Labute approximate surface area is 144 Å². The molecule has 2 aromatic carbocycles. The molecule has 4 unspecified atom stereocenters. The zero-order valence-corrected chi connectivity index (χ0v) is 13.9. The minimum atomic E-state index is -1.03. The van der Waals surface area contributed by atoms with Gasteiger partial charge in [-0.2, -0.15) is 0 Å². The SMILES string of the molecule is Cc1ccc(C2(O)C3CC(N)(c4cccc(C(=O)O)c4)C32)c(Cl)c1. The molecule has 0 radical (unpaired) electrons. The van der Waals surface area contributed by atoms with Crippen LogP contribution in [0.5, 0.6) is 0 Å². The molecule has 2 aromatic rings. The first-order valence-electron chi connectivity index (χ1n) is 7.90. The van der Waals surface area contributed by atoms with E-state index in [0.29, 0.717) is 17.0 Å². The van der Waals surface area contributed by atoms with Gasteiger partial charge in [0.1, 0.15) is 0 Å². The molecule has 2 fully saturated rings. The highest BCUT2D eigenvalue weighted by atomic mass is 35.5. The van der Waals surface area contributed by atoms with Crippen molar-refractivity contribution in [1.29, 1.82) is 0 Å². The van der Waals surface area contributed by atoms with Gasteiger partial charge in [-0.15, -0.1) is 0 Å². The molecule has 4 rings (SSSR count). The van der Waals surface area contributed by atoms with Crippen LogP contribution in [-0.4, -0.2) is 16.2 Å². The van der Waals surface area contributed by atoms with Crippen LogP contribution in [0.15, 0.2) is 42.5 Å².